The van der Waals surface area contributed by atoms with Gasteiger partial charge in [0.15, 0.2) is 17.3 Å². The van der Waals surface area contributed by atoms with Crippen LogP contribution in [-0.2, 0) is 12.4 Å². The fourth-order valence-electron chi connectivity index (χ4n) is 3.15. The zero-order valence-electron chi connectivity index (χ0n) is 19.3. The third-order valence-electron chi connectivity index (χ3n) is 4.95. The van der Waals surface area contributed by atoms with Crippen LogP contribution in [0.4, 0.5) is 0 Å². The lowest BCUT2D eigenvalue weighted by Gasteiger charge is -2.13. The molecule has 0 bridgehead atoms. The predicted octanol–water partition coefficient (Wildman–Crippen LogP) is 7.15. The van der Waals surface area contributed by atoms with Gasteiger partial charge in [-0.3, -0.25) is 0 Å². The monoisotopic (exact) mass is 570 g/mol. The summed E-state index contributed by atoms with van der Waals surface area (Å²) in [5, 5.41) is 14.5. The largest absolute Gasteiger partial charge is 0.490 e. The number of rotatable bonds is 10. The quantitative estimate of drug-likeness (QED) is 0.149. The summed E-state index contributed by atoms with van der Waals surface area (Å²) in [5.74, 6) is 2.82. The highest BCUT2D eigenvalue weighted by atomic mass is 79.9. The molecule has 0 aliphatic carbocycles. The first-order chi connectivity index (χ1) is 17.0. The van der Waals surface area contributed by atoms with Crippen molar-refractivity contribution in [2.24, 2.45) is 5.10 Å². The summed E-state index contributed by atoms with van der Waals surface area (Å²) in [4.78, 5) is 0. The van der Waals surface area contributed by atoms with Crippen LogP contribution in [-0.4, -0.2) is 27.7 Å². The topological polar surface area (TPSA) is 61.5 Å². The van der Waals surface area contributed by atoms with Crippen molar-refractivity contribution in [1.82, 2.24) is 14.9 Å². The van der Waals surface area contributed by atoms with Gasteiger partial charge in [-0.05, 0) is 73.0 Å². The summed E-state index contributed by atoms with van der Waals surface area (Å²) in [5.41, 5.74) is 3.10. The number of ether oxygens (including phenoxy) is 2. The van der Waals surface area contributed by atoms with Gasteiger partial charge in [-0.2, -0.15) is 9.78 Å². The van der Waals surface area contributed by atoms with Gasteiger partial charge < -0.3 is 9.47 Å². The van der Waals surface area contributed by atoms with Gasteiger partial charge in [0.1, 0.15) is 6.61 Å². The number of halogens is 2. The van der Waals surface area contributed by atoms with Crippen molar-refractivity contribution in [3.8, 4) is 11.5 Å². The van der Waals surface area contributed by atoms with E-state index in [9.17, 15) is 0 Å². The van der Waals surface area contributed by atoms with Gasteiger partial charge in [0.05, 0.1) is 12.8 Å². The second-order valence-electron chi connectivity index (χ2n) is 7.56. The predicted molar refractivity (Wildman–Crippen MR) is 145 cm³/mol. The molecule has 0 saturated heterocycles. The highest BCUT2D eigenvalue weighted by Gasteiger charge is 2.10. The van der Waals surface area contributed by atoms with E-state index in [1.54, 1.807) is 22.7 Å². The van der Waals surface area contributed by atoms with Crippen LogP contribution in [0.15, 0.2) is 81.5 Å². The molecule has 6 nitrogen and oxygen atoms in total. The molecule has 1 aromatic heterocycles. The molecule has 0 atom stereocenters. The number of nitrogens with zero attached hydrogens (tertiary/aromatic N) is 4. The first-order valence-electron chi connectivity index (χ1n) is 11.0. The zero-order valence-corrected chi connectivity index (χ0v) is 22.5. The fraction of sp³-hybridized carbons (Fsp3) is 0.192. The second kappa shape index (κ2) is 12.2. The first kappa shape index (κ1) is 25.3. The van der Waals surface area contributed by atoms with Crippen molar-refractivity contribution in [2.45, 2.75) is 31.4 Å². The van der Waals surface area contributed by atoms with Gasteiger partial charge in [0, 0.05) is 15.2 Å². The summed E-state index contributed by atoms with van der Waals surface area (Å²) < 4.78 is 14.6. The van der Waals surface area contributed by atoms with E-state index in [1.165, 1.54) is 5.56 Å². The Hall–Kier alpha value is -2.81. The van der Waals surface area contributed by atoms with E-state index in [0.717, 1.165) is 26.5 Å². The van der Waals surface area contributed by atoms with Gasteiger partial charge in [-0.15, -0.1) is 10.2 Å². The molecule has 9 heteroatoms. The Kier molecular flexibility index (Phi) is 8.84. The summed E-state index contributed by atoms with van der Waals surface area (Å²) >= 11 is 11.0. The lowest BCUT2D eigenvalue weighted by atomic mass is 10.2. The van der Waals surface area contributed by atoms with Crippen LogP contribution in [0.1, 0.15) is 29.4 Å². The van der Waals surface area contributed by atoms with Crippen LogP contribution in [0.3, 0.4) is 0 Å². The minimum Gasteiger partial charge on any atom is -0.490 e. The van der Waals surface area contributed by atoms with Gasteiger partial charge >= 0.3 is 0 Å². The van der Waals surface area contributed by atoms with Crippen LogP contribution in [0.2, 0.25) is 5.02 Å². The third kappa shape index (κ3) is 7.10. The fourth-order valence-corrected chi connectivity index (χ4v) is 4.43. The molecule has 0 unspecified atom stereocenters. The Labute approximate surface area is 222 Å². The van der Waals surface area contributed by atoms with Gasteiger partial charge in [-0.1, -0.05) is 63.6 Å². The maximum absolute atomic E-state index is 6.00. The average molecular weight is 572 g/mol. The molecule has 4 aromatic rings. The number of thioether (sulfide) groups is 1. The molecule has 0 spiro atoms. The third-order valence-corrected chi connectivity index (χ3v) is 6.72. The zero-order chi connectivity index (χ0) is 24.6. The smallest absolute Gasteiger partial charge is 0.212 e. The lowest BCUT2D eigenvalue weighted by Crippen LogP contribution is -2.01. The molecular weight excluding hydrogens is 548 g/mol. The molecule has 1 heterocycles. The normalized spacial score (nSPS) is 11.2. The molecule has 3 aromatic carbocycles. The van der Waals surface area contributed by atoms with E-state index in [2.05, 4.69) is 43.4 Å². The van der Waals surface area contributed by atoms with Crippen LogP contribution in [0.25, 0.3) is 0 Å². The van der Waals surface area contributed by atoms with Crippen molar-refractivity contribution in [3.05, 3.63) is 98.7 Å². The second-order valence-corrected chi connectivity index (χ2v) is 9.85. The molecule has 0 aliphatic heterocycles. The summed E-state index contributed by atoms with van der Waals surface area (Å²) in [6.45, 7) is 4.77. The number of hydrogen-bond donors (Lipinski definition) is 0. The lowest BCUT2D eigenvalue weighted by molar-refractivity contribution is 0.269. The summed E-state index contributed by atoms with van der Waals surface area (Å²) in [6.07, 6.45) is 1.77. The van der Waals surface area contributed by atoms with Crippen LogP contribution < -0.4 is 9.47 Å². The van der Waals surface area contributed by atoms with Crippen molar-refractivity contribution in [3.63, 3.8) is 0 Å². The maximum Gasteiger partial charge on any atom is 0.212 e. The minimum atomic E-state index is 0.420. The molecule has 0 N–H and O–H groups in total. The maximum atomic E-state index is 6.00. The SMILES string of the molecule is CCOc1cc(/C=N/n2c(C)nnc2SCc2ccc(Br)cc2)ccc1OCc1ccc(Cl)cc1. The van der Waals surface area contributed by atoms with Crippen molar-refractivity contribution in [2.75, 3.05) is 6.61 Å². The van der Waals surface area contributed by atoms with Crippen LogP contribution >= 0.6 is 39.3 Å². The molecule has 0 amide bonds. The van der Waals surface area contributed by atoms with Crippen molar-refractivity contribution < 1.29 is 9.47 Å². The number of aryl methyl sites for hydroxylation is 1. The van der Waals surface area contributed by atoms with E-state index >= 15 is 0 Å². The Balaban J connectivity index is 1.46. The molecule has 35 heavy (non-hydrogen) atoms. The molecule has 4 rings (SSSR count). The van der Waals surface area contributed by atoms with Crippen LogP contribution in [0, 0.1) is 6.92 Å². The standard InChI is InChI=1S/C26H24BrClN4O2S/c1-3-33-25-14-21(8-13-24(25)34-16-19-6-11-23(28)12-7-19)15-29-32-18(2)30-31-26(32)35-17-20-4-9-22(27)10-5-20/h4-15H,3,16-17H2,1-2H3/b29-15+. The van der Waals surface area contributed by atoms with Gasteiger partial charge in [0.2, 0.25) is 5.16 Å². The Morgan fingerprint density at radius 1 is 0.971 bits per heavy atom. The van der Waals surface area contributed by atoms with Gasteiger partial charge in [0.25, 0.3) is 0 Å². The molecule has 180 valence electrons. The van der Waals surface area contributed by atoms with Crippen molar-refractivity contribution in [1.29, 1.82) is 0 Å². The van der Waals surface area contributed by atoms with E-state index in [4.69, 9.17) is 21.1 Å². The highest BCUT2D eigenvalue weighted by Crippen LogP contribution is 2.29. The summed E-state index contributed by atoms with van der Waals surface area (Å²) in [7, 11) is 0. The van der Waals surface area contributed by atoms with E-state index in [0.29, 0.717) is 35.6 Å². The van der Waals surface area contributed by atoms with Crippen LogP contribution in [0.5, 0.6) is 11.5 Å². The average Bonchev–Trinajstić information content (AvgIpc) is 3.22. The van der Waals surface area contributed by atoms with E-state index in [-0.39, 0.29) is 0 Å². The highest BCUT2D eigenvalue weighted by molar-refractivity contribution is 9.10. The first-order valence-corrected chi connectivity index (χ1v) is 13.1. The Morgan fingerprint density at radius 3 is 2.46 bits per heavy atom. The number of benzene rings is 3. The minimum absolute atomic E-state index is 0.420. The van der Waals surface area contributed by atoms with E-state index in [1.807, 2.05) is 68.4 Å². The molecule has 0 fully saturated rings. The summed E-state index contributed by atoms with van der Waals surface area (Å²) in [6, 6.07) is 21.6. The van der Waals surface area contributed by atoms with Gasteiger partial charge in [-0.25, -0.2) is 0 Å². The number of hydrogen-bond acceptors (Lipinski definition) is 6. The molecular formula is C26H24BrClN4O2S. The number of aromatic nitrogens is 3. The molecule has 0 radical (unpaired) electrons. The molecule has 0 saturated carbocycles. The molecule has 0 aliphatic rings. The Bertz CT molecular complexity index is 1290. The van der Waals surface area contributed by atoms with Crippen molar-refractivity contribution >= 4 is 45.5 Å². The van der Waals surface area contributed by atoms with E-state index < -0.39 is 0 Å². The Morgan fingerprint density at radius 2 is 1.71 bits per heavy atom.